The minimum atomic E-state index is -0.133. The van der Waals surface area contributed by atoms with Gasteiger partial charge in [0.2, 0.25) is 0 Å². The van der Waals surface area contributed by atoms with Crippen molar-refractivity contribution in [2.24, 2.45) is 0 Å². The van der Waals surface area contributed by atoms with Crippen molar-refractivity contribution in [1.29, 1.82) is 0 Å². The van der Waals surface area contributed by atoms with Crippen LogP contribution in [-0.4, -0.2) is 29.5 Å². The largest absolute Gasteiger partial charge is 0.449 e. The van der Waals surface area contributed by atoms with Gasteiger partial charge in [0, 0.05) is 37.1 Å². The zero-order valence-electron chi connectivity index (χ0n) is 11.6. The van der Waals surface area contributed by atoms with E-state index in [9.17, 15) is 4.79 Å². The molecule has 5 heteroatoms. The van der Waals surface area contributed by atoms with E-state index in [-0.39, 0.29) is 5.91 Å². The Bertz CT molecular complexity index is 814. The number of halogens is 1. The number of fused-ring (bicyclic) bond motifs is 3. The highest BCUT2D eigenvalue weighted by molar-refractivity contribution is 6.31. The average Bonchev–Trinajstić information content (AvgIpc) is 2.93. The number of furan rings is 1. The van der Waals surface area contributed by atoms with E-state index in [1.165, 1.54) is 4.90 Å². The van der Waals surface area contributed by atoms with E-state index in [4.69, 9.17) is 16.0 Å². The number of hydrogen-bond donors (Lipinski definition) is 0. The fourth-order valence-electron chi connectivity index (χ4n) is 2.49. The molecule has 104 valence electrons. The first-order valence-corrected chi connectivity index (χ1v) is 6.83. The van der Waals surface area contributed by atoms with Crippen LogP contribution >= 0.6 is 11.6 Å². The van der Waals surface area contributed by atoms with E-state index < -0.39 is 0 Å². The van der Waals surface area contributed by atoms with Crippen molar-refractivity contribution in [2.75, 3.05) is 14.1 Å². The fraction of sp³-hybridized carbons (Fsp3) is 0.267. The van der Waals surface area contributed by atoms with Gasteiger partial charge >= 0.3 is 0 Å². The Morgan fingerprint density at radius 1 is 1.30 bits per heavy atom. The highest BCUT2D eigenvalue weighted by atomic mass is 35.5. The second kappa shape index (κ2) is 4.56. The normalized spacial score (nSPS) is 11.4. The lowest BCUT2D eigenvalue weighted by Gasteiger charge is -2.06. The highest BCUT2D eigenvalue weighted by Gasteiger charge is 2.19. The second-order valence-corrected chi connectivity index (χ2v) is 5.37. The SMILES string of the molecule is CCn1c2cc(Cl)ccc2c2oc(C(=O)N(C)C)cc21. The van der Waals surface area contributed by atoms with Crippen LogP contribution in [0.3, 0.4) is 0 Å². The molecule has 2 heterocycles. The van der Waals surface area contributed by atoms with Crippen molar-refractivity contribution < 1.29 is 9.21 Å². The van der Waals surface area contributed by atoms with E-state index in [1.54, 1.807) is 20.2 Å². The molecule has 3 aromatic rings. The molecule has 0 atom stereocenters. The van der Waals surface area contributed by atoms with Crippen molar-refractivity contribution in [3.8, 4) is 0 Å². The summed E-state index contributed by atoms with van der Waals surface area (Å²) in [6.45, 7) is 2.84. The van der Waals surface area contributed by atoms with Crippen LogP contribution in [0.25, 0.3) is 22.0 Å². The molecule has 0 unspecified atom stereocenters. The van der Waals surface area contributed by atoms with Crippen molar-refractivity contribution in [3.63, 3.8) is 0 Å². The molecular weight excluding hydrogens is 276 g/mol. The lowest BCUT2D eigenvalue weighted by molar-refractivity contribution is 0.0799. The molecule has 0 fully saturated rings. The van der Waals surface area contributed by atoms with E-state index in [0.717, 1.165) is 28.5 Å². The maximum absolute atomic E-state index is 12.0. The molecule has 3 rings (SSSR count). The summed E-state index contributed by atoms with van der Waals surface area (Å²) in [4.78, 5) is 13.5. The van der Waals surface area contributed by atoms with E-state index in [1.807, 2.05) is 18.2 Å². The first-order chi connectivity index (χ1) is 9.52. The van der Waals surface area contributed by atoms with Gasteiger partial charge in [-0.05, 0) is 25.1 Å². The van der Waals surface area contributed by atoms with Gasteiger partial charge in [0.05, 0.1) is 11.0 Å². The third kappa shape index (κ3) is 1.79. The standard InChI is InChI=1S/C15H15ClN2O2/c1-4-18-11-7-9(16)5-6-10(11)14-12(18)8-13(20-14)15(19)17(2)3/h5-8H,4H2,1-3H3. The van der Waals surface area contributed by atoms with E-state index in [0.29, 0.717) is 10.8 Å². The summed E-state index contributed by atoms with van der Waals surface area (Å²) in [6.07, 6.45) is 0. The van der Waals surface area contributed by atoms with Crippen molar-refractivity contribution in [1.82, 2.24) is 9.47 Å². The van der Waals surface area contributed by atoms with Gasteiger partial charge in [0.15, 0.2) is 11.3 Å². The van der Waals surface area contributed by atoms with Gasteiger partial charge < -0.3 is 13.9 Å². The monoisotopic (exact) mass is 290 g/mol. The Morgan fingerprint density at radius 2 is 2.05 bits per heavy atom. The van der Waals surface area contributed by atoms with Crippen molar-refractivity contribution >= 4 is 39.5 Å². The number of nitrogens with zero attached hydrogens (tertiary/aromatic N) is 2. The summed E-state index contributed by atoms with van der Waals surface area (Å²) >= 11 is 6.06. The molecular formula is C15H15ClN2O2. The zero-order chi connectivity index (χ0) is 14.4. The van der Waals surface area contributed by atoms with Gasteiger partial charge in [-0.25, -0.2) is 0 Å². The number of benzene rings is 1. The molecule has 20 heavy (non-hydrogen) atoms. The Kier molecular flexibility index (Phi) is 2.98. The minimum absolute atomic E-state index is 0.133. The molecule has 0 aliphatic carbocycles. The molecule has 0 saturated heterocycles. The molecule has 0 saturated carbocycles. The second-order valence-electron chi connectivity index (χ2n) is 4.93. The van der Waals surface area contributed by atoms with Gasteiger partial charge in [-0.3, -0.25) is 4.79 Å². The molecule has 0 N–H and O–H groups in total. The summed E-state index contributed by atoms with van der Waals surface area (Å²) in [5, 5.41) is 1.67. The topological polar surface area (TPSA) is 38.4 Å². The van der Waals surface area contributed by atoms with Crippen LogP contribution in [-0.2, 0) is 6.54 Å². The number of aromatic nitrogens is 1. The molecule has 2 aromatic heterocycles. The first-order valence-electron chi connectivity index (χ1n) is 6.46. The maximum atomic E-state index is 12.0. The van der Waals surface area contributed by atoms with Crippen LogP contribution in [0.5, 0.6) is 0 Å². The molecule has 1 aromatic carbocycles. The van der Waals surface area contributed by atoms with Gasteiger partial charge in [-0.2, -0.15) is 0 Å². The maximum Gasteiger partial charge on any atom is 0.289 e. The third-order valence-corrected chi connectivity index (χ3v) is 3.67. The van der Waals surface area contributed by atoms with Crippen LogP contribution in [0.15, 0.2) is 28.7 Å². The van der Waals surface area contributed by atoms with Crippen molar-refractivity contribution in [2.45, 2.75) is 13.5 Å². The number of rotatable bonds is 2. The Balaban J connectivity index is 2.32. The van der Waals surface area contributed by atoms with Crippen LogP contribution in [0.2, 0.25) is 5.02 Å². The fourth-order valence-corrected chi connectivity index (χ4v) is 2.66. The number of amides is 1. The number of aryl methyl sites for hydroxylation is 1. The van der Waals surface area contributed by atoms with Gasteiger partial charge in [0.25, 0.3) is 5.91 Å². The Labute approximate surface area is 121 Å². The predicted octanol–water partition coefficient (Wildman–Crippen LogP) is 3.76. The van der Waals surface area contributed by atoms with Crippen LogP contribution in [0.1, 0.15) is 17.5 Å². The summed E-state index contributed by atoms with van der Waals surface area (Å²) in [5.74, 6) is 0.227. The lowest BCUT2D eigenvalue weighted by atomic mass is 10.2. The predicted molar refractivity (Wildman–Crippen MR) is 80.4 cm³/mol. The number of hydrogen-bond acceptors (Lipinski definition) is 2. The Hall–Kier alpha value is -1.94. The van der Waals surface area contributed by atoms with Gasteiger partial charge in [-0.15, -0.1) is 0 Å². The molecule has 4 nitrogen and oxygen atoms in total. The lowest BCUT2D eigenvalue weighted by Crippen LogP contribution is -2.20. The number of carbonyl (C=O) groups is 1. The summed E-state index contributed by atoms with van der Waals surface area (Å²) < 4.78 is 7.88. The zero-order valence-corrected chi connectivity index (χ0v) is 12.4. The summed E-state index contributed by atoms with van der Waals surface area (Å²) in [7, 11) is 3.42. The molecule has 0 radical (unpaired) electrons. The van der Waals surface area contributed by atoms with Crippen LogP contribution < -0.4 is 0 Å². The molecule has 0 bridgehead atoms. The van der Waals surface area contributed by atoms with Gasteiger partial charge in [0.1, 0.15) is 0 Å². The summed E-state index contributed by atoms with van der Waals surface area (Å²) in [6, 6.07) is 7.48. The van der Waals surface area contributed by atoms with Crippen molar-refractivity contribution in [3.05, 3.63) is 35.0 Å². The summed E-state index contributed by atoms with van der Waals surface area (Å²) in [5.41, 5.74) is 2.69. The van der Waals surface area contributed by atoms with E-state index >= 15 is 0 Å². The quantitative estimate of drug-likeness (QED) is 0.721. The Morgan fingerprint density at radius 3 is 2.70 bits per heavy atom. The molecule has 1 amide bonds. The molecule has 0 aliphatic rings. The average molecular weight is 291 g/mol. The third-order valence-electron chi connectivity index (χ3n) is 3.43. The molecule has 0 spiro atoms. The number of carbonyl (C=O) groups excluding carboxylic acids is 1. The van der Waals surface area contributed by atoms with Crippen LogP contribution in [0, 0.1) is 0 Å². The van der Waals surface area contributed by atoms with E-state index in [2.05, 4.69) is 11.5 Å². The van der Waals surface area contributed by atoms with Crippen LogP contribution in [0.4, 0.5) is 0 Å². The minimum Gasteiger partial charge on any atom is -0.449 e. The first kappa shape index (κ1) is 13.1. The smallest absolute Gasteiger partial charge is 0.289 e. The highest BCUT2D eigenvalue weighted by Crippen LogP contribution is 2.33. The van der Waals surface area contributed by atoms with Gasteiger partial charge in [-0.1, -0.05) is 11.6 Å². The molecule has 0 aliphatic heterocycles.